The Morgan fingerprint density at radius 3 is 2.80 bits per heavy atom. The first-order chi connectivity index (χ1) is 9.67. The van der Waals surface area contributed by atoms with E-state index in [2.05, 4.69) is 12.2 Å². The van der Waals surface area contributed by atoms with Crippen molar-refractivity contribution in [1.29, 1.82) is 5.26 Å². The maximum atomic E-state index is 13.8. The van der Waals surface area contributed by atoms with Crippen LogP contribution in [0.3, 0.4) is 0 Å². The molecule has 0 bridgehead atoms. The van der Waals surface area contributed by atoms with Crippen LogP contribution in [0.15, 0.2) is 36.7 Å². The highest BCUT2D eigenvalue weighted by Crippen LogP contribution is 2.18. The molecule has 1 unspecified atom stereocenters. The number of nitriles is 1. The van der Waals surface area contributed by atoms with E-state index in [4.69, 9.17) is 5.26 Å². The van der Waals surface area contributed by atoms with Gasteiger partial charge < -0.3 is 9.88 Å². The molecule has 0 fully saturated rings. The summed E-state index contributed by atoms with van der Waals surface area (Å²) < 4.78 is 15.8. The van der Waals surface area contributed by atoms with Gasteiger partial charge in [0.25, 0.3) is 0 Å². The summed E-state index contributed by atoms with van der Waals surface area (Å²) in [6, 6.07) is 8.90. The summed E-state index contributed by atoms with van der Waals surface area (Å²) in [6.07, 6.45) is 4.99. The SMILES string of the molecule is CCC(NC)c1ccn(Cc2ccc(C#N)cc2F)c1. The largest absolute Gasteiger partial charge is 0.349 e. The monoisotopic (exact) mass is 271 g/mol. The topological polar surface area (TPSA) is 40.8 Å². The predicted octanol–water partition coefficient (Wildman–Crippen LogP) is 3.22. The van der Waals surface area contributed by atoms with E-state index in [0.29, 0.717) is 23.7 Å². The van der Waals surface area contributed by atoms with Crippen LogP contribution in [0.2, 0.25) is 0 Å². The first kappa shape index (κ1) is 14.3. The van der Waals surface area contributed by atoms with Crippen LogP contribution in [-0.2, 0) is 6.54 Å². The molecule has 2 rings (SSSR count). The van der Waals surface area contributed by atoms with Crippen molar-refractivity contribution >= 4 is 0 Å². The summed E-state index contributed by atoms with van der Waals surface area (Å²) in [5.41, 5.74) is 2.13. The van der Waals surface area contributed by atoms with Gasteiger partial charge in [-0.25, -0.2) is 4.39 Å². The Balaban J connectivity index is 2.17. The molecule has 1 atom stereocenters. The summed E-state index contributed by atoms with van der Waals surface area (Å²) >= 11 is 0. The Morgan fingerprint density at radius 1 is 1.40 bits per heavy atom. The van der Waals surface area contributed by atoms with Crippen LogP contribution in [0.1, 0.15) is 36.1 Å². The first-order valence-corrected chi connectivity index (χ1v) is 6.69. The lowest BCUT2D eigenvalue weighted by Crippen LogP contribution is -2.14. The lowest BCUT2D eigenvalue weighted by atomic mass is 10.1. The molecule has 1 aromatic carbocycles. The third-order valence-electron chi connectivity index (χ3n) is 3.47. The van der Waals surface area contributed by atoms with Crippen molar-refractivity contribution in [2.75, 3.05) is 7.05 Å². The van der Waals surface area contributed by atoms with Crippen LogP contribution in [0.4, 0.5) is 4.39 Å². The molecule has 104 valence electrons. The summed E-state index contributed by atoms with van der Waals surface area (Å²) in [7, 11) is 1.94. The average molecular weight is 271 g/mol. The van der Waals surface area contributed by atoms with E-state index in [1.165, 1.54) is 11.6 Å². The summed E-state index contributed by atoms with van der Waals surface area (Å²) in [5, 5.41) is 12.0. The summed E-state index contributed by atoms with van der Waals surface area (Å²) in [4.78, 5) is 0. The number of halogens is 1. The van der Waals surface area contributed by atoms with E-state index in [1.54, 1.807) is 12.1 Å². The quantitative estimate of drug-likeness (QED) is 0.907. The zero-order valence-electron chi connectivity index (χ0n) is 11.7. The molecule has 4 heteroatoms. The minimum Gasteiger partial charge on any atom is -0.349 e. The van der Waals surface area contributed by atoms with Crippen molar-refractivity contribution in [3.05, 3.63) is 59.2 Å². The lowest BCUT2D eigenvalue weighted by Gasteiger charge is -2.11. The summed E-state index contributed by atoms with van der Waals surface area (Å²) in [6.45, 7) is 2.59. The molecule has 0 aliphatic carbocycles. The molecule has 0 spiro atoms. The van der Waals surface area contributed by atoms with E-state index in [1.807, 2.05) is 36.1 Å². The Hall–Kier alpha value is -2.12. The highest BCUT2D eigenvalue weighted by molar-refractivity contribution is 5.33. The smallest absolute Gasteiger partial charge is 0.129 e. The molecule has 2 aromatic rings. The second-order valence-corrected chi connectivity index (χ2v) is 4.78. The van der Waals surface area contributed by atoms with E-state index in [0.717, 1.165) is 6.42 Å². The fourth-order valence-corrected chi connectivity index (χ4v) is 2.31. The molecule has 20 heavy (non-hydrogen) atoms. The molecule has 0 radical (unpaired) electrons. The van der Waals surface area contributed by atoms with Gasteiger partial charge in [0.15, 0.2) is 0 Å². The van der Waals surface area contributed by atoms with Gasteiger partial charge in [-0.15, -0.1) is 0 Å². The maximum Gasteiger partial charge on any atom is 0.129 e. The summed E-state index contributed by atoms with van der Waals surface area (Å²) in [5.74, 6) is -0.333. The molecule has 0 amide bonds. The zero-order valence-corrected chi connectivity index (χ0v) is 11.7. The Morgan fingerprint density at radius 2 is 2.20 bits per heavy atom. The van der Waals surface area contributed by atoms with Crippen molar-refractivity contribution in [1.82, 2.24) is 9.88 Å². The van der Waals surface area contributed by atoms with Gasteiger partial charge in [0.05, 0.1) is 11.6 Å². The van der Waals surface area contributed by atoms with Crippen LogP contribution in [0, 0.1) is 17.1 Å². The normalized spacial score (nSPS) is 12.1. The van der Waals surface area contributed by atoms with Crippen molar-refractivity contribution < 1.29 is 4.39 Å². The predicted molar refractivity (Wildman–Crippen MR) is 76.7 cm³/mol. The zero-order chi connectivity index (χ0) is 14.5. The number of benzene rings is 1. The van der Waals surface area contributed by atoms with Gasteiger partial charge in [0.1, 0.15) is 5.82 Å². The van der Waals surface area contributed by atoms with Gasteiger partial charge in [-0.2, -0.15) is 5.26 Å². The molecule has 0 saturated heterocycles. The molecule has 1 aromatic heterocycles. The van der Waals surface area contributed by atoms with E-state index >= 15 is 0 Å². The van der Waals surface area contributed by atoms with Crippen molar-refractivity contribution in [2.45, 2.75) is 25.9 Å². The van der Waals surface area contributed by atoms with Crippen LogP contribution in [0.25, 0.3) is 0 Å². The molecule has 1 heterocycles. The van der Waals surface area contributed by atoms with Crippen LogP contribution in [0.5, 0.6) is 0 Å². The van der Waals surface area contributed by atoms with Gasteiger partial charge in [-0.3, -0.25) is 0 Å². The molecule has 1 N–H and O–H groups in total. The number of hydrogen-bond acceptors (Lipinski definition) is 2. The van der Waals surface area contributed by atoms with E-state index in [-0.39, 0.29) is 5.82 Å². The first-order valence-electron chi connectivity index (χ1n) is 6.69. The molecular formula is C16H18FN3. The molecule has 0 saturated carbocycles. The number of hydrogen-bond donors (Lipinski definition) is 1. The Labute approximate surface area is 118 Å². The second kappa shape index (κ2) is 6.36. The van der Waals surface area contributed by atoms with Crippen LogP contribution in [-0.4, -0.2) is 11.6 Å². The van der Waals surface area contributed by atoms with E-state index < -0.39 is 0 Å². The number of nitrogens with one attached hydrogen (secondary N) is 1. The minimum absolute atomic E-state index is 0.321. The molecule has 0 aliphatic rings. The van der Waals surface area contributed by atoms with Gasteiger partial charge >= 0.3 is 0 Å². The van der Waals surface area contributed by atoms with Crippen molar-refractivity contribution in [3.63, 3.8) is 0 Å². The van der Waals surface area contributed by atoms with Crippen molar-refractivity contribution in [3.8, 4) is 6.07 Å². The highest BCUT2D eigenvalue weighted by Gasteiger charge is 2.09. The second-order valence-electron chi connectivity index (χ2n) is 4.78. The molecule has 0 aliphatic heterocycles. The van der Waals surface area contributed by atoms with Gasteiger partial charge in [0, 0.05) is 30.5 Å². The third-order valence-corrected chi connectivity index (χ3v) is 3.47. The van der Waals surface area contributed by atoms with Gasteiger partial charge in [-0.05, 0) is 37.2 Å². The van der Waals surface area contributed by atoms with E-state index in [9.17, 15) is 4.39 Å². The standard InChI is InChI=1S/C16H18FN3/c1-3-16(19-2)14-6-7-20(11-14)10-13-5-4-12(9-18)8-15(13)17/h4-8,11,16,19H,3,10H2,1-2H3. The number of aromatic nitrogens is 1. The Bertz CT molecular complexity index is 621. The Kier molecular flexibility index (Phi) is 4.54. The number of rotatable bonds is 5. The minimum atomic E-state index is -0.333. The van der Waals surface area contributed by atoms with Crippen molar-refractivity contribution in [2.24, 2.45) is 0 Å². The third kappa shape index (κ3) is 3.06. The number of nitrogens with zero attached hydrogens (tertiary/aromatic N) is 2. The average Bonchev–Trinajstić information content (AvgIpc) is 2.91. The van der Waals surface area contributed by atoms with Gasteiger partial charge in [-0.1, -0.05) is 13.0 Å². The van der Waals surface area contributed by atoms with Crippen LogP contribution < -0.4 is 5.32 Å². The molecular weight excluding hydrogens is 253 g/mol. The highest BCUT2D eigenvalue weighted by atomic mass is 19.1. The maximum absolute atomic E-state index is 13.8. The fraction of sp³-hybridized carbons (Fsp3) is 0.312. The lowest BCUT2D eigenvalue weighted by molar-refractivity contribution is 0.573. The van der Waals surface area contributed by atoms with Crippen LogP contribution >= 0.6 is 0 Å². The fourth-order valence-electron chi connectivity index (χ4n) is 2.31. The van der Waals surface area contributed by atoms with Gasteiger partial charge in [0.2, 0.25) is 0 Å². The molecule has 3 nitrogen and oxygen atoms in total.